The molecule has 1 atom stereocenters. The summed E-state index contributed by atoms with van der Waals surface area (Å²) in [6.07, 6.45) is 3.56. The molecule has 1 aliphatic heterocycles. The van der Waals surface area contributed by atoms with Crippen LogP contribution in [0.2, 0.25) is 0 Å². The van der Waals surface area contributed by atoms with E-state index in [1.54, 1.807) is 4.31 Å². The van der Waals surface area contributed by atoms with E-state index in [0.29, 0.717) is 18.8 Å². The maximum Gasteiger partial charge on any atom is 0.217 e. The Morgan fingerprint density at radius 2 is 2.10 bits per heavy atom. The fraction of sp³-hybridized carbons (Fsp3) is 0.600. The lowest BCUT2D eigenvalue weighted by Crippen LogP contribution is -2.37. The van der Waals surface area contributed by atoms with Gasteiger partial charge in [0.25, 0.3) is 0 Å². The van der Waals surface area contributed by atoms with Crippen LogP contribution in [0, 0.1) is 0 Å². The van der Waals surface area contributed by atoms with E-state index >= 15 is 0 Å². The van der Waals surface area contributed by atoms with Crippen molar-refractivity contribution in [1.82, 2.24) is 4.31 Å². The summed E-state index contributed by atoms with van der Waals surface area (Å²) in [5.74, 6) is 0.103. The molecule has 1 heterocycles. The van der Waals surface area contributed by atoms with Crippen LogP contribution in [0.15, 0.2) is 24.3 Å². The summed E-state index contributed by atoms with van der Waals surface area (Å²) < 4.78 is 32.5. The number of hydrogen-bond acceptors (Lipinski definition) is 4. The molecule has 1 saturated heterocycles. The van der Waals surface area contributed by atoms with Crippen LogP contribution in [0.25, 0.3) is 0 Å². The lowest BCUT2D eigenvalue weighted by Gasteiger charge is -2.23. The minimum atomic E-state index is -3.29. The quantitative estimate of drug-likeness (QED) is 0.812. The van der Waals surface area contributed by atoms with Crippen LogP contribution in [0.3, 0.4) is 0 Å². The number of nitrogens with two attached hydrogens (primary N) is 1. The van der Waals surface area contributed by atoms with Crippen molar-refractivity contribution in [1.29, 1.82) is 0 Å². The Bertz CT molecular complexity index is 593. The third-order valence-electron chi connectivity index (χ3n) is 4.02. The topological polar surface area (TPSA) is 72.6 Å². The van der Waals surface area contributed by atoms with Gasteiger partial charge in [0.05, 0.1) is 11.9 Å². The van der Waals surface area contributed by atoms with E-state index in [2.05, 4.69) is 0 Å². The van der Waals surface area contributed by atoms with Crippen LogP contribution in [-0.2, 0) is 21.3 Å². The Morgan fingerprint density at radius 1 is 1.29 bits per heavy atom. The number of sulfonamides is 1. The van der Waals surface area contributed by atoms with Gasteiger partial charge in [-0.2, -0.15) is 4.31 Å². The fourth-order valence-electron chi connectivity index (χ4n) is 2.79. The van der Waals surface area contributed by atoms with Crippen LogP contribution >= 0.6 is 0 Å². The van der Waals surface area contributed by atoms with Crippen LogP contribution in [-0.4, -0.2) is 37.2 Å². The second kappa shape index (κ2) is 5.94. The first kappa shape index (κ1) is 14.8. The van der Waals surface area contributed by atoms with Crippen molar-refractivity contribution in [2.45, 2.75) is 44.4 Å². The molecule has 0 aromatic heterocycles. The third kappa shape index (κ3) is 3.75. The number of rotatable bonds is 6. The van der Waals surface area contributed by atoms with Gasteiger partial charge in [-0.15, -0.1) is 0 Å². The van der Waals surface area contributed by atoms with Crippen LogP contribution < -0.4 is 5.73 Å². The smallest absolute Gasteiger partial charge is 0.217 e. The van der Waals surface area contributed by atoms with Crippen molar-refractivity contribution < 1.29 is 13.2 Å². The number of nitrogen functional groups attached to an aromatic ring is 1. The maximum absolute atomic E-state index is 12.7. The molecular formula is C15H22N2O3S. The third-order valence-corrected chi connectivity index (χ3v) is 5.96. The maximum atomic E-state index is 12.7. The molecular weight excluding hydrogens is 288 g/mol. The lowest BCUT2D eigenvalue weighted by molar-refractivity contribution is 0.126. The fourth-order valence-corrected chi connectivity index (χ4v) is 4.73. The summed E-state index contributed by atoms with van der Waals surface area (Å²) in [6.45, 7) is 1.09. The van der Waals surface area contributed by atoms with Gasteiger partial charge < -0.3 is 10.5 Å². The molecule has 2 N–H and O–H groups in total. The van der Waals surface area contributed by atoms with Crippen molar-refractivity contribution in [3.8, 4) is 0 Å². The summed E-state index contributed by atoms with van der Waals surface area (Å²) in [7, 11) is -3.29. The molecule has 21 heavy (non-hydrogen) atoms. The second-order valence-electron chi connectivity index (χ2n) is 5.94. The van der Waals surface area contributed by atoms with Gasteiger partial charge in [0.15, 0.2) is 0 Å². The van der Waals surface area contributed by atoms with Crippen molar-refractivity contribution in [3.63, 3.8) is 0 Å². The van der Waals surface area contributed by atoms with E-state index in [-0.39, 0.29) is 17.9 Å². The Balaban J connectivity index is 1.74. The molecule has 1 aromatic rings. The van der Waals surface area contributed by atoms with E-state index in [4.69, 9.17) is 10.5 Å². The molecule has 2 fully saturated rings. The Labute approximate surface area is 126 Å². The van der Waals surface area contributed by atoms with Crippen LogP contribution in [0.5, 0.6) is 0 Å². The molecule has 1 aliphatic carbocycles. The summed E-state index contributed by atoms with van der Waals surface area (Å²) in [5, 5.41) is 0. The van der Waals surface area contributed by atoms with Crippen molar-refractivity contribution >= 4 is 15.7 Å². The Hall–Kier alpha value is -1.11. The molecule has 6 heteroatoms. The normalized spacial score (nSPS) is 22.8. The van der Waals surface area contributed by atoms with Crippen molar-refractivity contribution in [2.24, 2.45) is 0 Å². The Morgan fingerprint density at radius 3 is 2.71 bits per heavy atom. The molecule has 0 bridgehead atoms. The zero-order valence-electron chi connectivity index (χ0n) is 12.1. The molecule has 3 rings (SSSR count). The van der Waals surface area contributed by atoms with Gasteiger partial charge in [-0.25, -0.2) is 8.42 Å². The number of ether oxygens (including phenoxy) is 1. The van der Waals surface area contributed by atoms with Crippen LogP contribution in [0.1, 0.15) is 31.2 Å². The van der Waals surface area contributed by atoms with E-state index in [9.17, 15) is 8.42 Å². The average molecular weight is 310 g/mol. The largest absolute Gasteiger partial charge is 0.399 e. The highest BCUT2D eigenvalue weighted by molar-refractivity contribution is 7.89. The number of hydrogen-bond donors (Lipinski definition) is 1. The van der Waals surface area contributed by atoms with Crippen LogP contribution in [0.4, 0.5) is 5.69 Å². The first-order chi connectivity index (χ1) is 10.0. The zero-order chi connectivity index (χ0) is 14.9. The molecule has 2 aliphatic rings. The summed E-state index contributed by atoms with van der Waals surface area (Å²) in [4.78, 5) is 0. The molecule has 0 amide bonds. The summed E-state index contributed by atoms with van der Waals surface area (Å²) >= 11 is 0. The highest BCUT2D eigenvalue weighted by Crippen LogP contribution is 2.32. The van der Waals surface area contributed by atoms with E-state index in [1.807, 2.05) is 24.3 Å². The van der Waals surface area contributed by atoms with Gasteiger partial charge in [0, 0.05) is 24.9 Å². The number of benzene rings is 1. The molecule has 1 aromatic carbocycles. The highest BCUT2D eigenvalue weighted by atomic mass is 32.2. The monoisotopic (exact) mass is 310 g/mol. The number of anilines is 1. The van der Waals surface area contributed by atoms with Gasteiger partial charge in [-0.1, -0.05) is 12.1 Å². The van der Waals surface area contributed by atoms with E-state index in [0.717, 1.165) is 31.2 Å². The van der Waals surface area contributed by atoms with E-state index in [1.165, 1.54) is 0 Å². The Kier molecular flexibility index (Phi) is 4.19. The molecule has 0 radical (unpaired) electrons. The number of nitrogens with zero attached hydrogens (tertiary/aromatic N) is 1. The minimum absolute atomic E-state index is 0.103. The van der Waals surface area contributed by atoms with Gasteiger partial charge in [-0.05, 0) is 43.4 Å². The second-order valence-corrected chi connectivity index (χ2v) is 7.90. The molecule has 5 nitrogen and oxygen atoms in total. The lowest BCUT2D eigenvalue weighted by atomic mass is 10.2. The molecule has 116 valence electrons. The predicted molar refractivity (Wildman–Crippen MR) is 82.2 cm³/mol. The van der Waals surface area contributed by atoms with E-state index < -0.39 is 10.0 Å². The summed E-state index contributed by atoms with van der Waals surface area (Å²) in [6, 6.07) is 7.59. The minimum Gasteiger partial charge on any atom is -0.399 e. The van der Waals surface area contributed by atoms with Crippen molar-refractivity contribution in [2.75, 3.05) is 18.1 Å². The molecule has 1 saturated carbocycles. The predicted octanol–water partition coefficient (Wildman–Crippen LogP) is 1.74. The van der Waals surface area contributed by atoms with Gasteiger partial charge in [-0.3, -0.25) is 0 Å². The molecule has 1 unspecified atom stereocenters. The van der Waals surface area contributed by atoms with Gasteiger partial charge >= 0.3 is 0 Å². The zero-order valence-corrected chi connectivity index (χ0v) is 12.9. The van der Waals surface area contributed by atoms with Crippen molar-refractivity contribution in [3.05, 3.63) is 29.8 Å². The summed E-state index contributed by atoms with van der Waals surface area (Å²) in [5.41, 5.74) is 7.39. The SMILES string of the molecule is Nc1cccc(CN(C2CC2)S(=O)(=O)CC2CCCO2)c1. The van der Waals surface area contributed by atoms with Gasteiger partial charge in [0.1, 0.15) is 0 Å². The first-order valence-corrected chi connectivity index (χ1v) is 9.11. The average Bonchev–Trinajstić information content (AvgIpc) is 3.14. The standard InChI is InChI=1S/C15H22N2O3S/c16-13-4-1-3-12(9-13)10-17(14-6-7-14)21(18,19)11-15-5-2-8-20-15/h1,3-4,9,14-15H,2,5-8,10-11,16H2. The molecule has 0 spiro atoms. The highest BCUT2D eigenvalue weighted by Gasteiger charge is 2.38. The van der Waals surface area contributed by atoms with Gasteiger partial charge in [0.2, 0.25) is 10.0 Å². The first-order valence-electron chi connectivity index (χ1n) is 7.50.